The van der Waals surface area contributed by atoms with Gasteiger partial charge in [0.2, 0.25) is 0 Å². The predicted octanol–water partition coefficient (Wildman–Crippen LogP) is 3.75. The van der Waals surface area contributed by atoms with Crippen LogP contribution in [-0.4, -0.2) is 5.91 Å². The van der Waals surface area contributed by atoms with E-state index in [4.69, 9.17) is 0 Å². The van der Waals surface area contributed by atoms with Gasteiger partial charge < -0.3 is 5.32 Å². The topological polar surface area (TPSA) is 29.1 Å². The number of nitrogens with one attached hydrogen (secondary N) is 1. The second-order valence-electron chi connectivity index (χ2n) is 3.72. The second-order valence-corrected chi connectivity index (χ2v) is 5.67. The van der Waals surface area contributed by atoms with Crippen molar-refractivity contribution in [3.63, 3.8) is 0 Å². The summed E-state index contributed by atoms with van der Waals surface area (Å²) in [7, 11) is 0. The molecule has 4 heteroatoms. The van der Waals surface area contributed by atoms with E-state index in [0.29, 0.717) is 6.54 Å². The van der Waals surface area contributed by atoms with Gasteiger partial charge in [-0.15, -0.1) is 11.3 Å². The van der Waals surface area contributed by atoms with Gasteiger partial charge in [-0.3, -0.25) is 4.79 Å². The number of aryl methyl sites for hydroxylation is 1. The minimum atomic E-state index is -0.0304. The summed E-state index contributed by atoms with van der Waals surface area (Å²) in [6.07, 6.45) is 0. The first-order valence-electron chi connectivity index (χ1n) is 5.23. The van der Waals surface area contributed by atoms with Crippen molar-refractivity contribution in [3.05, 3.63) is 56.2 Å². The molecule has 2 aromatic rings. The standard InChI is InChI=1S/C13H12BrNOS/c1-9-4-5-10(14)7-12(9)13(16)15-8-11-3-2-6-17-11/h2-7H,8H2,1H3,(H,15,16). The first-order valence-corrected chi connectivity index (χ1v) is 6.91. The van der Waals surface area contributed by atoms with Gasteiger partial charge in [0.15, 0.2) is 0 Å². The SMILES string of the molecule is Cc1ccc(Br)cc1C(=O)NCc1cccs1. The molecule has 2 rings (SSSR count). The number of benzene rings is 1. The third kappa shape index (κ3) is 3.17. The summed E-state index contributed by atoms with van der Waals surface area (Å²) >= 11 is 5.02. The van der Waals surface area contributed by atoms with Gasteiger partial charge in [0.25, 0.3) is 5.91 Å². The highest BCUT2D eigenvalue weighted by molar-refractivity contribution is 9.10. The molecule has 1 N–H and O–H groups in total. The van der Waals surface area contributed by atoms with E-state index in [1.807, 2.05) is 42.6 Å². The van der Waals surface area contributed by atoms with E-state index < -0.39 is 0 Å². The van der Waals surface area contributed by atoms with Crippen molar-refractivity contribution in [1.82, 2.24) is 5.32 Å². The third-order valence-electron chi connectivity index (χ3n) is 2.45. The van der Waals surface area contributed by atoms with Gasteiger partial charge in [0.1, 0.15) is 0 Å². The lowest BCUT2D eigenvalue weighted by molar-refractivity contribution is 0.0950. The molecule has 0 aliphatic carbocycles. The van der Waals surface area contributed by atoms with E-state index in [9.17, 15) is 4.79 Å². The molecule has 0 spiro atoms. The molecule has 1 heterocycles. The summed E-state index contributed by atoms with van der Waals surface area (Å²) < 4.78 is 0.921. The Morgan fingerprint density at radius 2 is 2.24 bits per heavy atom. The summed E-state index contributed by atoms with van der Waals surface area (Å²) in [6.45, 7) is 2.52. The van der Waals surface area contributed by atoms with Crippen molar-refractivity contribution in [1.29, 1.82) is 0 Å². The number of amides is 1. The Morgan fingerprint density at radius 3 is 2.94 bits per heavy atom. The van der Waals surface area contributed by atoms with Crippen molar-refractivity contribution in [3.8, 4) is 0 Å². The lowest BCUT2D eigenvalue weighted by atomic mass is 10.1. The van der Waals surface area contributed by atoms with Gasteiger partial charge in [-0.05, 0) is 36.1 Å². The number of thiophene rings is 1. The molecule has 0 fully saturated rings. The molecule has 1 amide bonds. The minimum Gasteiger partial charge on any atom is -0.347 e. The Balaban J connectivity index is 2.07. The Bertz CT molecular complexity index is 522. The quantitative estimate of drug-likeness (QED) is 0.919. The van der Waals surface area contributed by atoms with E-state index in [1.165, 1.54) is 0 Å². The van der Waals surface area contributed by atoms with Crippen LogP contribution in [0.3, 0.4) is 0 Å². The van der Waals surface area contributed by atoms with Crippen LogP contribution in [0.15, 0.2) is 40.2 Å². The van der Waals surface area contributed by atoms with E-state index in [1.54, 1.807) is 11.3 Å². The summed E-state index contributed by atoms with van der Waals surface area (Å²) in [5.74, 6) is -0.0304. The molecular formula is C13H12BrNOS. The van der Waals surface area contributed by atoms with E-state index in [-0.39, 0.29) is 5.91 Å². The van der Waals surface area contributed by atoms with Crippen LogP contribution in [0.25, 0.3) is 0 Å². The fourth-order valence-corrected chi connectivity index (χ4v) is 2.52. The summed E-state index contributed by atoms with van der Waals surface area (Å²) in [5.41, 5.74) is 1.70. The molecule has 2 nitrogen and oxygen atoms in total. The maximum Gasteiger partial charge on any atom is 0.251 e. The summed E-state index contributed by atoms with van der Waals surface area (Å²) in [6, 6.07) is 9.71. The molecule has 0 unspecified atom stereocenters. The van der Waals surface area contributed by atoms with Gasteiger partial charge in [-0.1, -0.05) is 28.1 Å². The highest BCUT2D eigenvalue weighted by Crippen LogP contribution is 2.16. The fraction of sp³-hybridized carbons (Fsp3) is 0.154. The average molecular weight is 310 g/mol. The molecule has 88 valence electrons. The number of hydrogen-bond donors (Lipinski definition) is 1. The zero-order chi connectivity index (χ0) is 12.3. The van der Waals surface area contributed by atoms with Gasteiger partial charge in [-0.25, -0.2) is 0 Å². The Labute approximate surface area is 113 Å². The molecule has 0 saturated carbocycles. The van der Waals surface area contributed by atoms with E-state index >= 15 is 0 Å². The number of rotatable bonds is 3. The van der Waals surface area contributed by atoms with Crippen LogP contribution in [-0.2, 0) is 6.54 Å². The minimum absolute atomic E-state index is 0.0304. The molecule has 0 bridgehead atoms. The molecule has 0 radical (unpaired) electrons. The Hall–Kier alpha value is -1.13. The zero-order valence-corrected chi connectivity index (χ0v) is 11.8. The van der Waals surface area contributed by atoms with Crippen LogP contribution >= 0.6 is 27.3 Å². The van der Waals surface area contributed by atoms with E-state index in [2.05, 4.69) is 21.2 Å². The average Bonchev–Trinajstić information content (AvgIpc) is 2.82. The van der Waals surface area contributed by atoms with Gasteiger partial charge in [0, 0.05) is 14.9 Å². The highest BCUT2D eigenvalue weighted by Gasteiger charge is 2.09. The molecule has 0 aliphatic heterocycles. The van der Waals surface area contributed by atoms with Crippen LogP contribution in [0.1, 0.15) is 20.8 Å². The van der Waals surface area contributed by atoms with Crippen molar-refractivity contribution >= 4 is 33.2 Å². The number of hydrogen-bond acceptors (Lipinski definition) is 2. The number of halogens is 1. The van der Waals surface area contributed by atoms with Gasteiger partial charge in [0.05, 0.1) is 6.54 Å². The first kappa shape index (κ1) is 12.3. The van der Waals surface area contributed by atoms with Crippen molar-refractivity contribution in [2.24, 2.45) is 0 Å². The highest BCUT2D eigenvalue weighted by atomic mass is 79.9. The van der Waals surface area contributed by atoms with Crippen LogP contribution < -0.4 is 5.32 Å². The van der Waals surface area contributed by atoms with Crippen molar-refractivity contribution in [2.75, 3.05) is 0 Å². The normalized spacial score (nSPS) is 10.2. The molecule has 0 saturated heterocycles. The lowest BCUT2D eigenvalue weighted by Gasteiger charge is -2.07. The van der Waals surface area contributed by atoms with Crippen LogP contribution in [0, 0.1) is 6.92 Å². The monoisotopic (exact) mass is 309 g/mol. The van der Waals surface area contributed by atoms with Crippen LogP contribution in [0.2, 0.25) is 0 Å². The van der Waals surface area contributed by atoms with Gasteiger partial charge in [-0.2, -0.15) is 0 Å². The van der Waals surface area contributed by atoms with Crippen molar-refractivity contribution < 1.29 is 4.79 Å². The largest absolute Gasteiger partial charge is 0.347 e. The van der Waals surface area contributed by atoms with Gasteiger partial charge >= 0.3 is 0 Å². The molecule has 1 aromatic heterocycles. The third-order valence-corrected chi connectivity index (χ3v) is 3.82. The summed E-state index contributed by atoms with van der Waals surface area (Å²) in [4.78, 5) is 13.1. The maximum absolute atomic E-state index is 12.0. The molecule has 0 atom stereocenters. The molecule has 1 aromatic carbocycles. The first-order chi connectivity index (χ1) is 8.16. The number of carbonyl (C=O) groups excluding carboxylic acids is 1. The summed E-state index contributed by atoms with van der Waals surface area (Å²) in [5, 5.41) is 4.93. The predicted molar refractivity (Wildman–Crippen MR) is 74.4 cm³/mol. The zero-order valence-electron chi connectivity index (χ0n) is 9.37. The van der Waals surface area contributed by atoms with E-state index in [0.717, 1.165) is 20.5 Å². The lowest BCUT2D eigenvalue weighted by Crippen LogP contribution is -2.23. The van der Waals surface area contributed by atoms with Crippen LogP contribution in [0.5, 0.6) is 0 Å². The molecule has 17 heavy (non-hydrogen) atoms. The second kappa shape index (κ2) is 5.47. The smallest absolute Gasteiger partial charge is 0.251 e. The Morgan fingerprint density at radius 1 is 1.41 bits per heavy atom. The molecule has 0 aliphatic rings. The fourth-order valence-electron chi connectivity index (χ4n) is 1.51. The number of carbonyl (C=O) groups is 1. The Kier molecular flexibility index (Phi) is 3.97. The van der Waals surface area contributed by atoms with Crippen LogP contribution in [0.4, 0.5) is 0 Å². The maximum atomic E-state index is 12.0. The van der Waals surface area contributed by atoms with Crippen molar-refractivity contribution in [2.45, 2.75) is 13.5 Å². The molecular weight excluding hydrogens is 298 g/mol.